The highest BCUT2D eigenvalue weighted by atomic mass is 35.5. The molecule has 0 aromatic heterocycles. The van der Waals surface area contributed by atoms with Crippen LogP contribution in [0.1, 0.15) is 17.3 Å². The third kappa shape index (κ3) is 2.14. The van der Waals surface area contributed by atoms with Gasteiger partial charge < -0.3 is 9.84 Å². The Morgan fingerprint density at radius 3 is 2.86 bits per heavy atom. The number of aromatic hydroxyl groups is 1. The number of ether oxygens (including phenoxy) is 1. The summed E-state index contributed by atoms with van der Waals surface area (Å²) in [6.07, 6.45) is 0. The van der Waals surface area contributed by atoms with Crippen molar-refractivity contribution >= 4 is 17.6 Å². The fraction of sp³-hybridized carbons (Fsp3) is 0.222. The van der Waals surface area contributed by atoms with Gasteiger partial charge in [-0.15, -0.1) is 0 Å². The number of phenols is 1. The first-order chi connectivity index (χ1) is 6.56. The van der Waals surface area contributed by atoms with E-state index in [2.05, 4.69) is 4.74 Å². The molecule has 1 aromatic carbocycles. The Labute approximate surface area is 85.1 Å². The molecule has 1 aromatic rings. The zero-order valence-electron chi connectivity index (χ0n) is 7.38. The van der Waals surface area contributed by atoms with Crippen LogP contribution < -0.4 is 0 Å². The SMILES string of the molecule is CCOC(=O)c1cc(Cl)c(O)cc1F. The van der Waals surface area contributed by atoms with E-state index in [0.717, 1.165) is 12.1 Å². The van der Waals surface area contributed by atoms with E-state index in [1.54, 1.807) is 6.92 Å². The summed E-state index contributed by atoms with van der Waals surface area (Å²) in [6, 6.07) is 1.80. The summed E-state index contributed by atoms with van der Waals surface area (Å²) in [4.78, 5) is 11.1. The van der Waals surface area contributed by atoms with Gasteiger partial charge in [0.25, 0.3) is 0 Å². The van der Waals surface area contributed by atoms with Crippen molar-refractivity contribution in [2.75, 3.05) is 6.61 Å². The van der Waals surface area contributed by atoms with Crippen LogP contribution in [0, 0.1) is 5.82 Å². The van der Waals surface area contributed by atoms with Crippen LogP contribution in [-0.2, 0) is 4.74 Å². The van der Waals surface area contributed by atoms with Crippen LogP contribution in [0.25, 0.3) is 0 Å². The van der Waals surface area contributed by atoms with Gasteiger partial charge in [0.2, 0.25) is 0 Å². The predicted octanol–water partition coefficient (Wildman–Crippen LogP) is 2.36. The zero-order chi connectivity index (χ0) is 10.7. The van der Waals surface area contributed by atoms with Crippen LogP contribution in [0.4, 0.5) is 4.39 Å². The molecule has 0 fully saturated rings. The second-order valence-corrected chi connectivity index (χ2v) is 2.91. The summed E-state index contributed by atoms with van der Waals surface area (Å²) in [6.45, 7) is 1.76. The second kappa shape index (κ2) is 4.28. The van der Waals surface area contributed by atoms with Gasteiger partial charge in [0.1, 0.15) is 11.6 Å². The molecule has 1 N–H and O–H groups in total. The molecule has 0 aliphatic carbocycles. The molecule has 0 atom stereocenters. The number of rotatable bonds is 2. The maximum atomic E-state index is 13.1. The first-order valence-corrected chi connectivity index (χ1v) is 4.29. The minimum atomic E-state index is -0.856. The smallest absolute Gasteiger partial charge is 0.341 e. The van der Waals surface area contributed by atoms with E-state index in [1.165, 1.54) is 0 Å². The lowest BCUT2D eigenvalue weighted by Gasteiger charge is -2.04. The maximum absolute atomic E-state index is 13.1. The highest BCUT2D eigenvalue weighted by Gasteiger charge is 2.15. The number of benzene rings is 1. The Kier molecular flexibility index (Phi) is 3.30. The fourth-order valence-electron chi connectivity index (χ4n) is 0.902. The maximum Gasteiger partial charge on any atom is 0.341 e. The third-order valence-electron chi connectivity index (χ3n) is 1.53. The average molecular weight is 219 g/mol. The molecule has 0 saturated heterocycles. The minimum Gasteiger partial charge on any atom is -0.506 e. The first kappa shape index (κ1) is 10.8. The number of esters is 1. The van der Waals surface area contributed by atoms with Crippen LogP contribution in [0.5, 0.6) is 5.75 Å². The van der Waals surface area contributed by atoms with E-state index in [0.29, 0.717) is 0 Å². The third-order valence-corrected chi connectivity index (χ3v) is 1.83. The van der Waals surface area contributed by atoms with Gasteiger partial charge in [-0.05, 0) is 13.0 Å². The van der Waals surface area contributed by atoms with Crippen LogP contribution in [0.15, 0.2) is 12.1 Å². The molecule has 14 heavy (non-hydrogen) atoms. The Bertz CT molecular complexity index is 365. The Balaban J connectivity index is 3.09. The van der Waals surface area contributed by atoms with Crippen molar-refractivity contribution in [1.82, 2.24) is 0 Å². The molecule has 0 heterocycles. The standard InChI is InChI=1S/C9H8ClFO3/c1-2-14-9(13)5-3-6(10)8(12)4-7(5)11/h3-4,12H,2H2,1H3. The molecular weight excluding hydrogens is 211 g/mol. The number of halogens is 2. The highest BCUT2D eigenvalue weighted by Crippen LogP contribution is 2.26. The molecule has 0 amide bonds. The van der Waals surface area contributed by atoms with Gasteiger partial charge in [-0.25, -0.2) is 9.18 Å². The van der Waals surface area contributed by atoms with E-state index in [-0.39, 0.29) is 17.2 Å². The van der Waals surface area contributed by atoms with Gasteiger partial charge >= 0.3 is 5.97 Å². The number of phenolic OH excluding ortho intramolecular Hbond substituents is 1. The average Bonchev–Trinajstić information content (AvgIpc) is 2.11. The summed E-state index contributed by atoms with van der Waals surface area (Å²) in [5, 5.41) is 8.92. The quantitative estimate of drug-likeness (QED) is 0.776. The predicted molar refractivity (Wildman–Crippen MR) is 49.0 cm³/mol. The van der Waals surface area contributed by atoms with E-state index in [1.807, 2.05) is 0 Å². The van der Waals surface area contributed by atoms with Crippen molar-refractivity contribution in [3.05, 3.63) is 28.5 Å². The number of carbonyl (C=O) groups is 1. The van der Waals surface area contributed by atoms with E-state index < -0.39 is 17.5 Å². The van der Waals surface area contributed by atoms with Crippen molar-refractivity contribution in [3.8, 4) is 5.75 Å². The molecule has 0 spiro atoms. The second-order valence-electron chi connectivity index (χ2n) is 2.50. The molecule has 76 valence electrons. The van der Waals surface area contributed by atoms with Gasteiger partial charge in [0, 0.05) is 6.07 Å². The monoisotopic (exact) mass is 218 g/mol. The summed E-state index contributed by atoms with van der Waals surface area (Å²) in [5.74, 6) is -2.06. The van der Waals surface area contributed by atoms with Gasteiger partial charge in [-0.1, -0.05) is 11.6 Å². The molecule has 1 rings (SSSR count). The van der Waals surface area contributed by atoms with Crippen LogP contribution in [-0.4, -0.2) is 17.7 Å². The van der Waals surface area contributed by atoms with Crippen LogP contribution in [0.3, 0.4) is 0 Å². The van der Waals surface area contributed by atoms with Gasteiger partial charge in [0.05, 0.1) is 17.2 Å². The number of carbonyl (C=O) groups excluding carboxylic acids is 1. The molecular formula is C9H8ClFO3. The Morgan fingerprint density at radius 2 is 2.29 bits per heavy atom. The molecule has 5 heteroatoms. The molecule has 3 nitrogen and oxygen atoms in total. The fourth-order valence-corrected chi connectivity index (χ4v) is 1.07. The van der Waals surface area contributed by atoms with Gasteiger partial charge in [-0.3, -0.25) is 0 Å². The molecule has 0 saturated carbocycles. The summed E-state index contributed by atoms with van der Waals surface area (Å²) >= 11 is 5.51. The van der Waals surface area contributed by atoms with Crippen molar-refractivity contribution in [2.24, 2.45) is 0 Å². The van der Waals surface area contributed by atoms with Crippen molar-refractivity contribution in [3.63, 3.8) is 0 Å². The van der Waals surface area contributed by atoms with Gasteiger partial charge in [0.15, 0.2) is 0 Å². The van der Waals surface area contributed by atoms with Crippen LogP contribution in [0.2, 0.25) is 5.02 Å². The lowest BCUT2D eigenvalue weighted by Crippen LogP contribution is -2.07. The van der Waals surface area contributed by atoms with E-state index in [4.69, 9.17) is 16.7 Å². The van der Waals surface area contributed by atoms with E-state index >= 15 is 0 Å². The number of hydrogen-bond acceptors (Lipinski definition) is 3. The molecule has 0 bridgehead atoms. The van der Waals surface area contributed by atoms with Gasteiger partial charge in [-0.2, -0.15) is 0 Å². The lowest BCUT2D eigenvalue weighted by molar-refractivity contribution is 0.0521. The lowest BCUT2D eigenvalue weighted by atomic mass is 10.2. The molecule has 0 unspecified atom stereocenters. The first-order valence-electron chi connectivity index (χ1n) is 3.91. The van der Waals surface area contributed by atoms with Crippen molar-refractivity contribution in [1.29, 1.82) is 0 Å². The Morgan fingerprint density at radius 1 is 1.64 bits per heavy atom. The zero-order valence-corrected chi connectivity index (χ0v) is 8.14. The molecule has 0 aliphatic heterocycles. The summed E-state index contributed by atoms with van der Waals surface area (Å²) in [7, 11) is 0. The summed E-state index contributed by atoms with van der Waals surface area (Å²) in [5.41, 5.74) is -0.283. The van der Waals surface area contributed by atoms with Crippen molar-refractivity contribution < 1.29 is 19.0 Å². The summed E-state index contributed by atoms with van der Waals surface area (Å²) < 4.78 is 17.7. The number of hydrogen-bond donors (Lipinski definition) is 1. The topological polar surface area (TPSA) is 46.5 Å². The van der Waals surface area contributed by atoms with Crippen LogP contribution >= 0.6 is 11.6 Å². The molecule has 0 radical (unpaired) electrons. The minimum absolute atomic E-state index is 0.0885. The normalized spacial score (nSPS) is 9.93. The highest BCUT2D eigenvalue weighted by molar-refractivity contribution is 6.32. The Hall–Kier alpha value is -1.29. The largest absolute Gasteiger partial charge is 0.506 e. The van der Waals surface area contributed by atoms with Crippen molar-refractivity contribution in [2.45, 2.75) is 6.92 Å². The molecule has 0 aliphatic rings. The van der Waals surface area contributed by atoms with E-state index in [9.17, 15) is 9.18 Å².